The lowest BCUT2D eigenvalue weighted by Gasteiger charge is -2.27. The quantitative estimate of drug-likeness (QED) is 0.341. The molecule has 35 heavy (non-hydrogen) atoms. The van der Waals surface area contributed by atoms with Crippen molar-refractivity contribution in [3.8, 4) is 0 Å². The van der Waals surface area contributed by atoms with Gasteiger partial charge in [-0.3, -0.25) is 9.59 Å². The van der Waals surface area contributed by atoms with Crippen molar-refractivity contribution in [2.24, 2.45) is 0 Å². The number of nitrogens with zero attached hydrogens (tertiary/aromatic N) is 3. The summed E-state index contributed by atoms with van der Waals surface area (Å²) in [5, 5.41) is 11.2. The summed E-state index contributed by atoms with van der Waals surface area (Å²) in [5.74, 6) is -1.44. The Hall–Kier alpha value is -3.01. The minimum Gasteiger partial charge on any atom is -0.507 e. The van der Waals surface area contributed by atoms with Crippen LogP contribution in [0.3, 0.4) is 0 Å². The van der Waals surface area contributed by atoms with Gasteiger partial charge in [0.2, 0.25) is 10.0 Å². The maximum atomic E-state index is 13.1. The molecule has 0 aliphatic carbocycles. The highest BCUT2D eigenvalue weighted by Crippen LogP contribution is 2.39. The van der Waals surface area contributed by atoms with Crippen LogP contribution in [0.1, 0.15) is 42.5 Å². The van der Waals surface area contributed by atoms with Crippen LogP contribution >= 0.6 is 0 Å². The number of carbonyl (C=O) groups is 2. The summed E-state index contributed by atoms with van der Waals surface area (Å²) in [7, 11) is 2.98. The molecular formula is C26H33N3O5S. The number of benzene rings is 2. The zero-order valence-electron chi connectivity index (χ0n) is 21.0. The SMILES string of the molecule is CC(C)c1ccc([C@@H]2C(=C(O)c3ccc(S(=O)(=O)N(C)C)cc3)C(=O)C(=O)N2CCN(C)C)cc1. The molecule has 188 valence electrons. The second kappa shape index (κ2) is 10.3. The van der Waals surface area contributed by atoms with Gasteiger partial charge in [0, 0.05) is 32.7 Å². The zero-order valence-corrected chi connectivity index (χ0v) is 21.8. The van der Waals surface area contributed by atoms with Crippen molar-refractivity contribution in [1.82, 2.24) is 14.1 Å². The fourth-order valence-corrected chi connectivity index (χ4v) is 4.88. The van der Waals surface area contributed by atoms with E-state index in [0.717, 1.165) is 15.4 Å². The summed E-state index contributed by atoms with van der Waals surface area (Å²) in [6, 6.07) is 12.6. The molecular weight excluding hydrogens is 466 g/mol. The van der Waals surface area contributed by atoms with Gasteiger partial charge < -0.3 is 14.9 Å². The van der Waals surface area contributed by atoms with Crippen LogP contribution in [0.4, 0.5) is 0 Å². The van der Waals surface area contributed by atoms with E-state index in [0.29, 0.717) is 19.0 Å². The summed E-state index contributed by atoms with van der Waals surface area (Å²) in [4.78, 5) is 29.6. The van der Waals surface area contributed by atoms with Gasteiger partial charge in [0.15, 0.2) is 0 Å². The summed E-state index contributed by atoms with van der Waals surface area (Å²) in [5.41, 5.74) is 2.10. The molecule has 0 bridgehead atoms. The molecule has 1 amide bonds. The van der Waals surface area contributed by atoms with Gasteiger partial charge in [-0.1, -0.05) is 38.1 Å². The molecule has 1 atom stereocenters. The van der Waals surface area contributed by atoms with E-state index in [1.807, 2.05) is 43.3 Å². The minimum atomic E-state index is -3.65. The van der Waals surface area contributed by atoms with Crippen LogP contribution in [0.25, 0.3) is 5.76 Å². The number of aliphatic hydroxyl groups excluding tert-OH is 1. The van der Waals surface area contributed by atoms with Crippen molar-refractivity contribution in [2.75, 3.05) is 41.3 Å². The molecule has 0 unspecified atom stereocenters. The van der Waals surface area contributed by atoms with Crippen molar-refractivity contribution < 1.29 is 23.1 Å². The highest BCUT2D eigenvalue weighted by atomic mass is 32.2. The predicted octanol–water partition coefficient (Wildman–Crippen LogP) is 3.04. The number of rotatable bonds is 8. The minimum absolute atomic E-state index is 0.00531. The van der Waals surface area contributed by atoms with Crippen LogP contribution in [0.15, 0.2) is 59.0 Å². The number of likely N-dealkylation sites (tertiary alicyclic amines) is 1. The van der Waals surface area contributed by atoms with E-state index in [-0.39, 0.29) is 21.8 Å². The first kappa shape index (κ1) is 26.6. The Morgan fingerprint density at radius 1 is 0.971 bits per heavy atom. The maximum absolute atomic E-state index is 13.1. The summed E-state index contributed by atoms with van der Waals surface area (Å²) < 4.78 is 25.9. The van der Waals surface area contributed by atoms with Crippen LogP contribution in [-0.2, 0) is 19.6 Å². The second-order valence-corrected chi connectivity index (χ2v) is 11.6. The van der Waals surface area contributed by atoms with Gasteiger partial charge in [0.05, 0.1) is 16.5 Å². The van der Waals surface area contributed by atoms with E-state index in [2.05, 4.69) is 13.8 Å². The van der Waals surface area contributed by atoms with Crippen molar-refractivity contribution in [3.63, 3.8) is 0 Å². The van der Waals surface area contributed by atoms with Crippen molar-refractivity contribution in [2.45, 2.75) is 30.7 Å². The van der Waals surface area contributed by atoms with Crippen LogP contribution in [0.2, 0.25) is 0 Å². The molecule has 0 saturated carbocycles. The summed E-state index contributed by atoms with van der Waals surface area (Å²) >= 11 is 0. The zero-order chi connectivity index (χ0) is 26.1. The number of amides is 1. The number of carbonyl (C=O) groups excluding carboxylic acids is 2. The molecule has 1 aliphatic rings. The molecule has 2 aromatic rings. The Bertz CT molecular complexity index is 1230. The van der Waals surface area contributed by atoms with Crippen molar-refractivity contribution in [1.29, 1.82) is 0 Å². The van der Waals surface area contributed by atoms with Gasteiger partial charge in [-0.2, -0.15) is 0 Å². The Balaban J connectivity index is 2.12. The molecule has 1 N–H and O–H groups in total. The molecule has 8 nitrogen and oxygen atoms in total. The number of hydrogen-bond donors (Lipinski definition) is 1. The number of likely N-dealkylation sites (N-methyl/N-ethyl adjacent to an activating group) is 1. The standard InChI is InChI=1S/C26H33N3O5S/c1-17(2)18-7-9-19(10-8-18)23-22(25(31)26(32)29(23)16-15-27(3)4)24(30)20-11-13-21(14-12-20)35(33,34)28(5)6/h7-14,17,23,30H,15-16H2,1-6H3/t23-/m1/s1. The number of sulfonamides is 1. The van der Waals surface area contributed by atoms with Gasteiger partial charge >= 0.3 is 0 Å². The average Bonchev–Trinajstić information content (AvgIpc) is 3.07. The van der Waals surface area contributed by atoms with Crippen molar-refractivity contribution in [3.05, 3.63) is 70.8 Å². The fourth-order valence-electron chi connectivity index (χ4n) is 3.98. The Kier molecular flexibility index (Phi) is 7.83. The molecule has 1 heterocycles. The van der Waals surface area contributed by atoms with Crippen LogP contribution < -0.4 is 0 Å². The average molecular weight is 500 g/mol. The third kappa shape index (κ3) is 5.32. The first-order valence-corrected chi connectivity index (χ1v) is 12.9. The maximum Gasteiger partial charge on any atom is 0.295 e. The van der Waals surface area contributed by atoms with E-state index in [4.69, 9.17) is 0 Å². The van der Waals surface area contributed by atoms with Crippen LogP contribution in [0.5, 0.6) is 0 Å². The highest BCUT2D eigenvalue weighted by molar-refractivity contribution is 7.89. The molecule has 0 spiro atoms. The van der Waals surface area contributed by atoms with Gasteiger partial charge in [-0.05, 0) is 55.4 Å². The largest absolute Gasteiger partial charge is 0.507 e. The molecule has 2 aromatic carbocycles. The molecule has 9 heteroatoms. The number of Topliss-reactive ketones (excluding diaryl/α,β-unsaturated/α-hetero) is 1. The van der Waals surface area contributed by atoms with Gasteiger partial charge in [-0.15, -0.1) is 0 Å². The van der Waals surface area contributed by atoms with Crippen molar-refractivity contribution >= 4 is 27.5 Å². The lowest BCUT2D eigenvalue weighted by atomic mass is 9.93. The monoisotopic (exact) mass is 499 g/mol. The summed E-state index contributed by atoms with van der Waals surface area (Å²) in [6.45, 7) is 5.02. The van der Waals surface area contributed by atoms with E-state index < -0.39 is 27.8 Å². The van der Waals surface area contributed by atoms with Gasteiger partial charge in [-0.25, -0.2) is 12.7 Å². The van der Waals surface area contributed by atoms with E-state index in [9.17, 15) is 23.1 Å². The van der Waals surface area contributed by atoms with E-state index >= 15 is 0 Å². The summed E-state index contributed by atoms with van der Waals surface area (Å²) in [6.07, 6.45) is 0. The molecule has 0 radical (unpaired) electrons. The first-order chi connectivity index (χ1) is 16.4. The van der Waals surface area contributed by atoms with Crippen LogP contribution in [-0.4, -0.2) is 80.6 Å². The smallest absolute Gasteiger partial charge is 0.295 e. The van der Waals surface area contributed by atoms with E-state index in [1.54, 1.807) is 0 Å². The normalized spacial score (nSPS) is 18.3. The Labute approximate surface area is 207 Å². The van der Waals surface area contributed by atoms with Gasteiger partial charge in [0.25, 0.3) is 11.7 Å². The Morgan fingerprint density at radius 2 is 1.54 bits per heavy atom. The number of ketones is 1. The molecule has 1 fully saturated rings. The second-order valence-electron chi connectivity index (χ2n) is 9.43. The molecule has 3 rings (SSSR count). The molecule has 1 saturated heterocycles. The third-order valence-electron chi connectivity index (χ3n) is 6.15. The first-order valence-electron chi connectivity index (χ1n) is 11.4. The lowest BCUT2D eigenvalue weighted by molar-refractivity contribution is -0.140. The predicted molar refractivity (Wildman–Crippen MR) is 135 cm³/mol. The van der Waals surface area contributed by atoms with Gasteiger partial charge in [0.1, 0.15) is 5.76 Å². The number of hydrogen-bond acceptors (Lipinski definition) is 6. The van der Waals surface area contributed by atoms with E-state index in [1.165, 1.54) is 43.3 Å². The Morgan fingerprint density at radius 3 is 2.03 bits per heavy atom. The fraction of sp³-hybridized carbons (Fsp3) is 0.385. The highest BCUT2D eigenvalue weighted by Gasteiger charge is 2.45. The van der Waals surface area contributed by atoms with Crippen LogP contribution in [0, 0.1) is 0 Å². The number of aliphatic hydroxyl groups is 1. The topological polar surface area (TPSA) is 98.2 Å². The third-order valence-corrected chi connectivity index (χ3v) is 7.98. The molecule has 0 aromatic heterocycles. The molecule has 1 aliphatic heterocycles. The lowest BCUT2D eigenvalue weighted by Crippen LogP contribution is -2.35.